The van der Waals surface area contributed by atoms with E-state index in [1.54, 1.807) is 25.1 Å². The molecule has 2 aromatic rings. The number of thiophene rings is 1. The molecule has 0 aliphatic carbocycles. The van der Waals surface area contributed by atoms with Crippen LogP contribution in [0.2, 0.25) is 0 Å². The van der Waals surface area contributed by atoms with Gasteiger partial charge in [-0.25, -0.2) is 0 Å². The van der Waals surface area contributed by atoms with Crippen LogP contribution in [0.4, 0.5) is 0 Å². The molecule has 0 spiro atoms. The van der Waals surface area contributed by atoms with E-state index in [1.807, 2.05) is 11.4 Å². The summed E-state index contributed by atoms with van der Waals surface area (Å²) in [5.74, 6) is 1.28. The van der Waals surface area contributed by atoms with Crippen LogP contribution in [0, 0.1) is 0 Å². The Morgan fingerprint density at radius 3 is 2.74 bits per heavy atom. The van der Waals surface area contributed by atoms with Crippen molar-refractivity contribution >= 4 is 11.3 Å². The van der Waals surface area contributed by atoms with Gasteiger partial charge in [0.25, 0.3) is 0 Å². The Balaban J connectivity index is 2.42. The number of aliphatic hydroxyl groups excluding tert-OH is 1. The molecule has 19 heavy (non-hydrogen) atoms. The van der Waals surface area contributed by atoms with Gasteiger partial charge in [0, 0.05) is 6.54 Å². The molecule has 5 nitrogen and oxygen atoms in total. The van der Waals surface area contributed by atoms with E-state index < -0.39 is 6.10 Å². The summed E-state index contributed by atoms with van der Waals surface area (Å²) >= 11 is 1.45. The van der Waals surface area contributed by atoms with Crippen LogP contribution in [0.25, 0.3) is 0 Å². The quantitative estimate of drug-likeness (QED) is 0.884. The highest BCUT2D eigenvalue weighted by Gasteiger charge is 2.25. The highest BCUT2D eigenvalue weighted by Crippen LogP contribution is 2.38. The third kappa shape index (κ3) is 2.59. The Morgan fingerprint density at radius 1 is 1.37 bits per heavy atom. The zero-order valence-electron chi connectivity index (χ0n) is 11.3. The standard InChI is InChI=1S/C13H18N2O3S/c1-4-6-15-11(10(18-3)8-14-15)12(16)13-9(17-2)5-7-19-13/h5,7-8,12,16H,4,6H2,1-3H3. The van der Waals surface area contributed by atoms with Crippen molar-refractivity contribution in [3.8, 4) is 11.5 Å². The lowest BCUT2D eigenvalue weighted by atomic mass is 10.2. The van der Waals surface area contributed by atoms with Crippen LogP contribution in [0.3, 0.4) is 0 Å². The maximum absolute atomic E-state index is 10.6. The Labute approximate surface area is 116 Å². The summed E-state index contributed by atoms with van der Waals surface area (Å²) in [5, 5.41) is 16.7. The van der Waals surface area contributed by atoms with Crippen molar-refractivity contribution in [1.82, 2.24) is 9.78 Å². The van der Waals surface area contributed by atoms with Crippen molar-refractivity contribution < 1.29 is 14.6 Å². The van der Waals surface area contributed by atoms with Gasteiger partial charge in [0.1, 0.15) is 17.5 Å². The molecule has 6 heteroatoms. The first kappa shape index (κ1) is 13.9. The number of aliphatic hydroxyl groups is 1. The normalized spacial score (nSPS) is 12.4. The summed E-state index contributed by atoms with van der Waals surface area (Å²) in [6, 6.07) is 1.84. The number of aryl methyl sites for hydroxylation is 1. The molecule has 2 aromatic heterocycles. The SMILES string of the molecule is CCCn1ncc(OC)c1C(O)c1sccc1OC. The number of hydrogen-bond acceptors (Lipinski definition) is 5. The minimum atomic E-state index is -0.793. The molecule has 0 radical (unpaired) electrons. The van der Waals surface area contributed by atoms with Crippen molar-refractivity contribution in [2.45, 2.75) is 26.0 Å². The largest absolute Gasteiger partial charge is 0.495 e. The molecule has 1 atom stereocenters. The second-order valence-electron chi connectivity index (χ2n) is 4.08. The second-order valence-corrected chi connectivity index (χ2v) is 5.02. The van der Waals surface area contributed by atoms with Gasteiger partial charge in [-0.1, -0.05) is 6.92 Å². The maximum Gasteiger partial charge on any atom is 0.163 e. The fraction of sp³-hybridized carbons (Fsp3) is 0.462. The van der Waals surface area contributed by atoms with E-state index in [2.05, 4.69) is 12.0 Å². The van der Waals surface area contributed by atoms with E-state index in [1.165, 1.54) is 11.3 Å². The Kier molecular flexibility index (Phi) is 4.44. The van der Waals surface area contributed by atoms with Crippen LogP contribution in [-0.4, -0.2) is 29.1 Å². The summed E-state index contributed by atoms with van der Waals surface area (Å²) in [6.07, 6.45) is 1.78. The molecule has 0 fully saturated rings. The Bertz CT molecular complexity index is 536. The highest BCUT2D eigenvalue weighted by molar-refractivity contribution is 7.10. The van der Waals surface area contributed by atoms with Gasteiger partial charge in [0.15, 0.2) is 5.75 Å². The van der Waals surface area contributed by atoms with Gasteiger partial charge in [0.05, 0.1) is 25.3 Å². The van der Waals surface area contributed by atoms with Gasteiger partial charge in [-0.3, -0.25) is 4.68 Å². The zero-order chi connectivity index (χ0) is 13.8. The predicted octanol–water partition coefficient (Wildman–Crippen LogP) is 2.45. The zero-order valence-corrected chi connectivity index (χ0v) is 12.1. The summed E-state index contributed by atoms with van der Waals surface area (Å²) in [5.41, 5.74) is 0.671. The molecule has 0 saturated heterocycles. The molecule has 0 aromatic carbocycles. The van der Waals surface area contributed by atoms with E-state index in [-0.39, 0.29) is 0 Å². The smallest absolute Gasteiger partial charge is 0.163 e. The van der Waals surface area contributed by atoms with Crippen LogP contribution >= 0.6 is 11.3 Å². The number of rotatable bonds is 6. The lowest BCUT2D eigenvalue weighted by Crippen LogP contribution is -2.11. The molecule has 1 N–H and O–H groups in total. The molecule has 0 aliphatic heterocycles. The van der Waals surface area contributed by atoms with Crippen LogP contribution in [-0.2, 0) is 6.54 Å². The first-order valence-electron chi connectivity index (χ1n) is 6.12. The molecule has 2 heterocycles. The molecule has 104 valence electrons. The van der Waals surface area contributed by atoms with Crippen LogP contribution < -0.4 is 9.47 Å². The molecule has 0 bridgehead atoms. The van der Waals surface area contributed by atoms with E-state index in [4.69, 9.17) is 9.47 Å². The minimum Gasteiger partial charge on any atom is -0.495 e. The molecule has 0 amide bonds. The lowest BCUT2D eigenvalue weighted by molar-refractivity contribution is 0.201. The fourth-order valence-corrected chi connectivity index (χ4v) is 2.85. The summed E-state index contributed by atoms with van der Waals surface area (Å²) in [6.45, 7) is 2.81. The number of methoxy groups -OCH3 is 2. The van der Waals surface area contributed by atoms with Gasteiger partial charge in [-0.05, 0) is 17.9 Å². The Morgan fingerprint density at radius 2 is 2.11 bits per heavy atom. The molecular weight excluding hydrogens is 264 g/mol. The van der Waals surface area contributed by atoms with Crippen molar-refractivity contribution in [3.05, 3.63) is 28.2 Å². The third-order valence-corrected chi connectivity index (χ3v) is 3.84. The summed E-state index contributed by atoms with van der Waals surface area (Å²) in [7, 11) is 3.17. The topological polar surface area (TPSA) is 56.5 Å². The molecule has 2 rings (SSSR count). The number of nitrogens with zero attached hydrogens (tertiary/aromatic N) is 2. The average molecular weight is 282 g/mol. The average Bonchev–Trinajstić information content (AvgIpc) is 3.04. The molecule has 0 aliphatic rings. The molecule has 0 saturated carbocycles. The Hall–Kier alpha value is -1.53. The van der Waals surface area contributed by atoms with E-state index in [0.29, 0.717) is 17.2 Å². The van der Waals surface area contributed by atoms with Crippen molar-refractivity contribution in [3.63, 3.8) is 0 Å². The number of aromatic nitrogens is 2. The number of hydrogen-bond donors (Lipinski definition) is 1. The van der Waals surface area contributed by atoms with E-state index in [0.717, 1.165) is 17.8 Å². The second kappa shape index (κ2) is 6.08. The minimum absolute atomic E-state index is 0.594. The van der Waals surface area contributed by atoms with Gasteiger partial charge in [-0.15, -0.1) is 11.3 Å². The fourth-order valence-electron chi connectivity index (χ4n) is 2.00. The van der Waals surface area contributed by atoms with Crippen LogP contribution in [0.5, 0.6) is 11.5 Å². The predicted molar refractivity (Wildman–Crippen MR) is 74.0 cm³/mol. The molecule has 1 unspecified atom stereocenters. The van der Waals surface area contributed by atoms with Gasteiger partial charge < -0.3 is 14.6 Å². The summed E-state index contributed by atoms with van der Waals surface area (Å²) < 4.78 is 12.3. The van der Waals surface area contributed by atoms with Crippen molar-refractivity contribution in [1.29, 1.82) is 0 Å². The monoisotopic (exact) mass is 282 g/mol. The van der Waals surface area contributed by atoms with Gasteiger partial charge in [0.2, 0.25) is 0 Å². The van der Waals surface area contributed by atoms with Crippen LogP contribution in [0.15, 0.2) is 17.6 Å². The van der Waals surface area contributed by atoms with E-state index >= 15 is 0 Å². The third-order valence-electron chi connectivity index (χ3n) is 2.88. The van der Waals surface area contributed by atoms with Crippen molar-refractivity contribution in [2.24, 2.45) is 0 Å². The first-order valence-corrected chi connectivity index (χ1v) is 7.00. The van der Waals surface area contributed by atoms with Gasteiger partial charge in [-0.2, -0.15) is 5.10 Å². The lowest BCUT2D eigenvalue weighted by Gasteiger charge is -2.14. The summed E-state index contributed by atoms with van der Waals surface area (Å²) in [4.78, 5) is 0.763. The first-order chi connectivity index (χ1) is 9.22. The highest BCUT2D eigenvalue weighted by atomic mass is 32.1. The number of ether oxygens (including phenoxy) is 2. The van der Waals surface area contributed by atoms with Crippen molar-refractivity contribution in [2.75, 3.05) is 14.2 Å². The van der Waals surface area contributed by atoms with E-state index in [9.17, 15) is 5.11 Å². The molecular formula is C13H18N2O3S. The van der Waals surface area contributed by atoms with Crippen LogP contribution in [0.1, 0.15) is 30.0 Å². The maximum atomic E-state index is 10.6. The van der Waals surface area contributed by atoms with Gasteiger partial charge >= 0.3 is 0 Å².